The highest BCUT2D eigenvalue weighted by Gasteiger charge is 2.29. The summed E-state index contributed by atoms with van der Waals surface area (Å²) in [7, 11) is -3.65. The van der Waals surface area contributed by atoms with Gasteiger partial charge in [0.2, 0.25) is 0 Å². The number of thiophene rings is 1. The standard InChI is InChI=1S/C10H15N3O4S2/c1-2-11-10-8(13(14)15)6-9(18-10)19(16,17)12-7-4-3-5-7/h6-7,11-12H,2-5H2,1H3. The summed E-state index contributed by atoms with van der Waals surface area (Å²) in [6.45, 7) is 2.29. The van der Waals surface area contributed by atoms with E-state index in [-0.39, 0.29) is 20.9 Å². The number of hydrogen-bond donors (Lipinski definition) is 2. The smallest absolute Gasteiger partial charge is 0.304 e. The van der Waals surface area contributed by atoms with Gasteiger partial charge in [0.05, 0.1) is 4.92 Å². The Morgan fingerprint density at radius 1 is 1.53 bits per heavy atom. The lowest BCUT2D eigenvalue weighted by atomic mass is 9.94. The predicted molar refractivity (Wildman–Crippen MR) is 73.1 cm³/mol. The summed E-state index contributed by atoms with van der Waals surface area (Å²) in [5, 5.41) is 14.0. The number of rotatable bonds is 6. The van der Waals surface area contributed by atoms with Gasteiger partial charge in [0.1, 0.15) is 4.21 Å². The van der Waals surface area contributed by atoms with Crippen molar-refractivity contribution >= 4 is 32.0 Å². The molecule has 1 aliphatic carbocycles. The van der Waals surface area contributed by atoms with Crippen molar-refractivity contribution in [1.29, 1.82) is 0 Å². The van der Waals surface area contributed by atoms with Crippen molar-refractivity contribution in [2.45, 2.75) is 36.4 Å². The third-order valence-corrected chi connectivity index (χ3v) is 5.99. The van der Waals surface area contributed by atoms with E-state index in [1.54, 1.807) is 6.92 Å². The van der Waals surface area contributed by atoms with Crippen LogP contribution in [0.2, 0.25) is 0 Å². The average Bonchev–Trinajstić information content (AvgIpc) is 2.69. The molecule has 0 spiro atoms. The molecule has 1 aliphatic rings. The van der Waals surface area contributed by atoms with Gasteiger partial charge in [0.15, 0.2) is 5.00 Å². The first-order chi connectivity index (χ1) is 8.94. The van der Waals surface area contributed by atoms with E-state index in [9.17, 15) is 18.5 Å². The molecule has 0 atom stereocenters. The number of hydrogen-bond acceptors (Lipinski definition) is 6. The van der Waals surface area contributed by atoms with Crippen LogP contribution in [-0.2, 0) is 10.0 Å². The van der Waals surface area contributed by atoms with E-state index in [0.717, 1.165) is 36.7 Å². The Kier molecular flexibility index (Phi) is 4.07. The maximum atomic E-state index is 12.1. The number of anilines is 1. The minimum atomic E-state index is -3.65. The van der Waals surface area contributed by atoms with Crippen LogP contribution in [0.25, 0.3) is 0 Å². The molecule has 2 rings (SSSR count). The fourth-order valence-corrected chi connectivity index (χ4v) is 4.44. The lowest BCUT2D eigenvalue weighted by Crippen LogP contribution is -2.39. The third-order valence-electron chi connectivity index (χ3n) is 2.92. The highest BCUT2D eigenvalue weighted by atomic mass is 32.2. The van der Waals surface area contributed by atoms with Crippen molar-refractivity contribution in [3.05, 3.63) is 16.2 Å². The van der Waals surface area contributed by atoms with Gasteiger partial charge in [-0.05, 0) is 19.8 Å². The van der Waals surface area contributed by atoms with Crippen LogP contribution in [0.1, 0.15) is 26.2 Å². The maximum absolute atomic E-state index is 12.1. The molecule has 1 heterocycles. The monoisotopic (exact) mass is 305 g/mol. The van der Waals surface area contributed by atoms with Crippen LogP contribution < -0.4 is 10.0 Å². The lowest BCUT2D eigenvalue weighted by molar-refractivity contribution is -0.383. The minimum absolute atomic E-state index is 0.0120. The van der Waals surface area contributed by atoms with Crippen LogP contribution in [0.5, 0.6) is 0 Å². The Labute approximate surface area is 115 Å². The fraction of sp³-hybridized carbons (Fsp3) is 0.600. The van der Waals surface area contributed by atoms with Gasteiger partial charge in [-0.15, -0.1) is 0 Å². The summed E-state index contributed by atoms with van der Waals surface area (Å²) >= 11 is 0.893. The van der Waals surface area contributed by atoms with E-state index in [1.807, 2.05) is 0 Å². The Morgan fingerprint density at radius 3 is 2.68 bits per heavy atom. The minimum Gasteiger partial charge on any atom is -0.372 e. The van der Waals surface area contributed by atoms with Gasteiger partial charge >= 0.3 is 5.69 Å². The molecule has 1 aromatic heterocycles. The number of sulfonamides is 1. The summed E-state index contributed by atoms with van der Waals surface area (Å²) in [4.78, 5) is 10.3. The van der Waals surface area contributed by atoms with Crippen LogP contribution in [-0.4, -0.2) is 25.9 Å². The summed E-state index contributed by atoms with van der Waals surface area (Å²) in [5.74, 6) is 0. The Balaban J connectivity index is 2.28. The topological polar surface area (TPSA) is 101 Å². The first-order valence-electron chi connectivity index (χ1n) is 5.98. The summed E-state index contributed by atoms with van der Waals surface area (Å²) in [5.41, 5.74) is -0.194. The molecule has 0 unspecified atom stereocenters. The average molecular weight is 305 g/mol. The molecular formula is C10H15N3O4S2. The zero-order chi connectivity index (χ0) is 14.0. The normalized spacial score (nSPS) is 16.1. The second-order valence-electron chi connectivity index (χ2n) is 4.32. The van der Waals surface area contributed by atoms with Crippen LogP contribution in [0.15, 0.2) is 10.3 Å². The van der Waals surface area contributed by atoms with E-state index in [4.69, 9.17) is 0 Å². The van der Waals surface area contributed by atoms with Crippen LogP contribution in [0.3, 0.4) is 0 Å². The summed E-state index contributed by atoms with van der Waals surface area (Å²) < 4.78 is 26.7. The van der Waals surface area contributed by atoms with E-state index in [2.05, 4.69) is 10.0 Å². The molecule has 1 fully saturated rings. The molecule has 1 saturated carbocycles. The molecular weight excluding hydrogens is 290 g/mol. The molecule has 1 aromatic rings. The SMILES string of the molecule is CCNc1sc(S(=O)(=O)NC2CCC2)cc1[N+](=O)[O-]. The highest BCUT2D eigenvalue weighted by Crippen LogP contribution is 2.37. The second-order valence-corrected chi connectivity index (χ2v) is 7.31. The van der Waals surface area contributed by atoms with Gasteiger partial charge in [-0.2, -0.15) is 0 Å². The molecule has 7 nitrogen and oxygen atoms in total. The zero-order valence-corrected chi connectivity index (χ0v) is 12.0. The van der Waals surface area contributed by atoms with E-state index in [0.29, 0.717) is 6.54 Å². The van der Waals surface area contributed by atoms with Crippen molar-refractivity contribution in [1.82, 2.24) is 4.72 Å². The number of nitro groups is 1. The van der Waals surface area contributed by atoms with Crippen molar-refractivity contribution < 1.29 is 13.3 Å². The molecule has 0 radical (unpaired) electrons. The Bertz CT molecular complexity index is 578. The zero-order valence-electron chi connectivity index (χ0n) is 10.4. The lowest BCUT2D eigenvalue weighted by Gasteiger charge is -2.25. The molecule has 0 saturated heterocycles. The van der Waals surface area contributed by atoms with Gasteiger partial charge in [-0.1, -0.05) is 17.8 Å². The van der Waals surface area contributed by atoms with Gasteiger partial charge in [0.25, 0.3) is 10.0 Å². The Morgan fingerprint density at radius 2 is 2.21 bits per heavy atom. The quantitative estimate of drug-likeness (QED) is 0.617. The molecule has 2 N–H and O–H groups in total. The number of nitrogens with zero attached hydrogens (tertiary/aromatic N) is 1. The fourth-order valence-electron chi connectivity index (χ4n) is 1.72. The van der Waals surface area contributed by atoms with Crippen LogP contribution in [0.4, 0.5) is 10.7 Å². The maximum Gasteiger partial charge on any atom is 0.304 e. The predicted octanol–water partition coefficient (Wildman–Crippen LogP) is 1.92. The summed E-state index contributed by atoms with van der Waals surface area (Å²) in [6, 6.07) is 1.08. The first-order valence-corrected chi connectivity index (χ1v) is 8.28. The number of nitrogens with one attached hydrogen (secondary N) is 2. The third kappa shape index (κ3) is 3.04. The van der Waals surface area contributed by atoms with Crippen LogP contribution in [0, 0.1) is 10.1 Å². The van der Waals surface area contributed by atoms with E-state index < -0.39 is 14.9 Å². The molecule has 0 aromatic carbocycles. The van der Waals surface area contributed by atoms with Gasteiger partial charge in [-0.25, -0.2) is 13.1 Å². The molecule has 0 aliphatic heterocycles. The molecule has 0 bridgehead atoms. The molecule has 0 amide bonds. The van der Waals surface area contributed by atoms with Crippen LogP contribution >= 0.6 is 11.3 Å². The Hall–Kier alpha value is -1.19. The largest absolute Gasteiger partial charge is 0.372 e. The van der Waals surface area contributed by atoms with Crippen molar-refractivity contribution in [2.75, 3.05) is 11.9 Å². The van der Waals surface area contributed by atoms with Gasteiger partial charge < -0.3 is 5.32 Å². The summed E-state index contributed by atoms with van der Waals surface area (Å²) in [6.07, 6.45) is 2.67. The van der Waals surface area contributed by atoms with E-state index >= 15 is 0 Å². The molecule has 106 valence electrons. The van der Waals surface area contributed by atoms with E-state index in [1.165, 1.54) is 0 Å². The highest BCUT2D eigenvalue weighted by molar-refractivity contribution is 7.91. The van der Waals surface area contributed by atoms with Crippen molar-refractivity contribution in [2.24, 2.45) is 0 Å². The first kappa shape index (κ1) is 14.2. The molecule has 19 heavy (non-hydrogen) atoms. The van der Waals surface area contributed by atoms with Gasteiger partial charge in [-0.3, -0.25) is 10.1 Å². The van der Waals surface area contributed by atoms with Crippen molar-refractivity contribution in [3.63, 3.8) is 0 Å². The van der Waals surface area contributed by atoms with Gasteiger partial charge in [0, 0.05) is 18.7 Å². The van der Waals surface area contributed by atoms with Crippen molar-refractivity contribution in [3.8, 4) is 0 Å². The molecule has 9 heteroatoms. The second kappa shape index (κ2) is 5.43.